The Hall–Kier alpha value is -2.42. The van der Waals surface area contributed by atoms with E-state index in [9.17, 15) is 5.26 Å². The third-order valence-corrected chi connectivity index (χ3v) is 3.53. The molecule has 5 nitrogen and oxygen atoms in total. The molecule has 1 aliphatic rings. The molecule has 1 unspecified atom stereocenters. The number of morpholine rings is 1. The maximum atomic E-state index is 9.22. The van der Waals surface area contributed by atoms with Crippen LogP contribution >= 0.6 is 0 Å². The lowest BCUT2D eigenvalue weighted by Gasteiger charge is -2.31. The van der Waals surface area contributed by atoms with Crippen LogP contribution in [0.2, 0.25) is 0 Å². The number of para-hydroxylation sites is 1. The van der Waals surface area contributed by atoms with Crippen LogP contribution in [0.25, 0.3) is 0 Å². The molecule has 0 aliphatic carbocycles. The van der Waals surface area contributed by atoms with Gasteiger partial charge in [-0.25, -0.2) is 0 Å². The molecule has 112 valence electrons. The molecule has 0 saturated carbocycles. The van der Waals surface area contributed by atoms with Gasteiger partial charge in [-0.15, -0.1) is 0 Å². The smallest absolute Gasteiger partial charge is 0.168 e. The Kier molecular flexibility index (Phi) is 4.64. The van der Waals surface area contributed by atoms with Gasteiger partial charge >= 0.3 is 0 Å². The highest BCUT2D eigenvalue weighted by molar-refractivity contribution is 5.42. The van der Waals surface area contributed by atoms with Crippen LogP contribution in [0.5, 0.6) is 5.75 Å². The SMILES string of the molecule is N#Cc1ccccc1O[C@@H](c1ccccn1)C1CNCCO1. The Morgan fingerprint density at radius 2 is 2.14 bits per heavy atom. The van der Waals surface area contributed by atoms with Crippen molar-refractivity contribution < 1.29 is 9.47 Å². The number of hydrogen-bond donors (Lipinski definition) is 1. The van der Waals surface area contributed by atoms with Crippen LogP contribution in [0.4, 0.5) is 0 Å². The molecule has 5 heteroatoms. The van der Waals surface area contributed by atoms with Crippen LogP contribution in [0, 0.1) is 11.3 Å². The summed E-state index contributed by atoms with van der Waals surface area (Å²) in [6.07, 6.45) is 1.23. The molecular formula is C17H17N3O2. The molecule has 0 bridgehead atoms. The van der Waals surface area contributed by atoms with Crippen LogP contribution in [0.15, 0.2) is 48.7 Å². The lowest BCUT2D eigenvalue weighted by Crippen LogP contribution is -2.43. The van der Waals surface area contributed by atoms with Crippen LogP contribution in [0.1, 0.15) is 17.4 Å². The van der Waals surface area contributed by atoms with Crippen LogP contribution in [0.3, 0.4) is 0 Å². The molecule has 22 heavy (non-hydrogen) atoms. The van der Waals surface area contributed by atoms with Crippen LogP contribution < -0.4 is 10.1 Å². The van der Waals surface area contributed by atoms with Gasteiger partial charge in [-0.1, -0.05) is 18.2 Å². The zero-order chi connectivity index (χ0) is 15.2. The monoisotopic (exact) mass is 295 g/mol. The first-order valence-electron chi connectivity index (χ1n) is 7.27. The summed E-state index contributed by atoms with van der Waals surface area (Å²) in [5.74, 6) is 0.551. The highest BCUT2D eigenvalue weighted by Gasteiger charge is 2.29. The molecular weight excluding hydrogens is 278 g/mol. The summed E-state index contributed by atoms with van der Waals surface area (Å²) >= 11 is 0. The van der Waals surface area contributed by atoms with E-state index in [0.717, 1.165) is 12.2 Å². The van der Waals surface area contributed by atoms with E-state index in [2.05, 4.69) is 16.4 Å². The molecule has 2 atom stereocenters. The van der Waals surface area contributed by atoms with Crippen molar-refractivity contribution in [2.24, 2.45) is 0 Å². The lowest BCUT2D eigenvalue weighted by atomic mass is 10.1. The minimum atomic E-state index is -0.358. The molecule has 0 radical (unpaired) electrons. The first-order chi connectivity index (χ1) is 10.9. The average Bonchev–Trinajstić information content (AvgIpc) is 2.61. The average molecular weight is 295 g/mol. The second kappa shape index (κ2) is 7.03. The topological polar surface area (TPSA) is 67.2 Å². The molecule has 1 saturated heterocycles. The van der Waals surface area contributed by atoms with Gasteiger partial charge in [-0.3, -0.25) is 4.98 Å². The van der Waals surface area contributed by atoms with Gasteiger partial charge < -0.3 is 14.8 Å². The first kappa shape index (κ1) is 14.5. The second-order valence-electron chi connectivity index (χ2n) is 5.01. The maximum Gasteiger partial charge on any atom is 0.168 e. The molecule has 1 fully saturated rings. The van der Waals surface area contributed by atoms with Gasteiger partial charge in [0.2, 0.25) is 0 Å². The molecule has 1 aromatic carbocycles. The highest BCUT2D eigenvalue weighted by Crippen LogP contribution is 2.28. The van der Waals surface area contributed by atoms with Crippen molar-refractivity contribution in [2.75, 3.05) is 19.7 Å². The first-order valence-corrected chi connectivity index (χ1v) is 7.27. The number of nitriles is 1. The summed E-state index contributed by atoms with van der Waals surface area (Å²) in [5.41, 5.74) is 1.30. The molecule has 2 heterocycles. The minimum absolute atomic E-state index is 0.143. The van der Waals surface area contributed by atoms with Crippen molar-refractivity contribution >= 4 is 0 Å². The number of aromatic nitrogens is 1. The van der Waals surface area contributed by atoms with Crippen molar-refractivity contribution in [2.45, 2.75) is 12.2 Å². The van der Waals surface area contributed by atoms with Gasteiger partial charge in [-0.2, -0.15) is 5.26 Å². The number of benzene rings is 1. The number of rotatable bonds is 4. The fraction of sp³-hybridized carbons (Fsp3) is 0.294. The zero-order valence-electron chi connectivity index (χ0n) is 12.1. The summed E-state index contributed by atoms with van der Waals surface area (Å²) in [5, 5.41) is 12.5. The van der Waals surface area contributed by atoms with E-state index in [0.29, 0.717) is 24.5 Å². The second-order valence-corrected chi connectivity index (χ2v) is 5.01. The van der Waals surface area contributed by atoms with Gasteiger partial charge in [0.25, 0.3) is 0 Å². The third kappa shape index (κ3) is 3.25. The van der Waals surface area contributed by atoms with Crippen molar-refractivity contribution in [1.29, 1.82) is 5.26 Å². The predicted octanol–water partition coefficient (Wildman–Crippen LogP) is 2.06. The normalized spacial score (nSPS) is 19.1. The molecule has 1 aliphatic heterocycles. The summed E-state index contributed by atoms with van der Waals surface area (Å²) in [6.45, 7) is 2.16. The van der Waals surface area contributed by atoms with E-state index in [1.165, 1.54) is 0 Å². The van der Waals surface area contributed by atoms with Crippen molar-refractivity contribution in [1.82, 2.24) is 10.3 Å². The molecule has 1 aromatic heterocycles. The van der Waals surface area contributed by atoms with E-state index in [-0.39, 0.29) is 12.2 Å². The summed E-state index contributed by atoms with van der Waals surface area (Å²) in [4.78, 5) is 4.39. The number of hydrogen-bond acceptors (Lipinski definition) is 5. The molecule has 2 aromatic rings. The van der Waals surface area contributed by atoms with E-state index < -0.39 is 0 Å². The number of ether oxygens (including phenoxy) is 2. The van der Waals surface area contributed by atoms with Gasteiger partial charge in [-0.05, 0) is 24.3 Å². The van der Waals surface area contributed by atoms with Crippen molar-refractivity contribution in [3.63, 3.8) is 0 Å². The Morgan fingerprint density at radius 1 is 1.27 bits per heavy atom. The Morgan fingerprint density at radius 3 is 2.86 bits per heavy atom. The van der Waals surface area contributed by atoms with Gasteiger partial charge in [0, 0.05) is 19.3 Å². The Bertz CT molecular complexity index is 648. The largest absolute Gasteiger partial charge is 0.480 e. The Balaban J connectivity index is 1.90. The number of nitrogens with one attached hydrogen (secondary N) is 1. The maximum absolute atomic E-state index is 9.22. The molecule has 0 amide bonds. The quantitative estimate of drug-likeness (QED) is 0.935. The van der Waals surface area contributed by atoms with E-state index in [4.69, 9.17) is 9.47 Å². The summed E-state index contributed by atoms with van der Waals surface area (Å²) < 4.78 is 11.9. The van der Waals surface area contributed by atoms with E-state index >= 15 is 0 Å². The fourth-order valence-corrected chi connectivity index (χ4v) is 2.45. The predicted molar refractivity (Wildman–Crippen MR) is 81.4 cm³/mol. The van der Waals surface area contributed by atoms with E-state index in [1.807, 2.05) is 30.3 Å². The molecule has 1 N–H and O–H groups in total. The zero-order valence-corrected chi connectivity index (χ0v) is 12.1. The van der Waals surface area contributed by atoms with Crippen molar-refractivity contribution in [3.8, 4) is 11.8 Å². The number of nitrogens with zero attached hydrogens (tertiary/aromatic N) is 2. The van der Waals surface area contributed by atoms with Gasteiger partial charge in [0.1, 0.15) is 17.9 Å². The lowest BCUT2D eigenvalue weighted by molar-refractivity contribution is -0.0447. The summed E-state index contributed by atoms with van der Waals surface area (Å²) in [6, 6.07) is 15.1. The van der Waals surface area contributed by atoms with Crippen LogP contribution in [-0.2, 0) is 4.74 Å². The van der Waals surface area contributed by atoms with Crippen LogP contribution in [-0.4, -0.2) is 30.8 Å². The molecule has 3 rings (SSSR count). The molecule has 0 spiro atoms. The fourth-order valence-electron chi connectivity index (χ4n) is 2.45. The Labute approximate surface area is 129 Å². The van der Waals surface area contributed by atoms with Gasteiger partial charge in [0.05, 0.1) is 17.9 Å². The summed E-state index contributed by atoms with van der Waals surface area (Å²) in [7, 11) is 0. The highest BCUT2D eigenvalue weighted by atomic mass is 16.5. The number of pyridine rings is 1. The third-order valence-electron chi connectivity index (χ3n) is 3.53. The standard InChI is InChI=1S/C17H17N3O2/c18-11-13-5-1-2-7-15(13)22-17(14-6-3-4-8-20-14)16-12-19-9-10-21-16/h1-8,16-17,19H,9-10,12H2/t16?,17-/m0/s1. The van der Waals surface area contributed by atoms with Gasteiger partial charge in [0.15, 0.2) is 6.10 Å². The van der Waals surface area contributed by atoms with Crippen molar-refractivity contribution in [3.05, 3.63) is 59.9 Å². The minimum Gasteiger partial charge on any atom is -0.480 e. The van der Waals surface area contributed by atoms with E-state index in [1.54, 1.807) is 18.3 Å².